The third-order valence-corrected chi connectivity index (χ3v) is 4.70. The fraction of sp³-hybridized carbons (Fsp3) is 0. The van der Waals surface area contributed by atoms with E-state index in [1.807, 2.05) is 0 Å². The topological polar surface area (TPSA) is 34.1 Å². The van der Waals surface area contributed by atoms with Crippen LogP contribution in [-0.2, 0) is 9.84 Å². The average molecular weight is 297 g/mol. The Morgan fingerprint density at radius 3 is 2.16 bits per heavy atom. The minimum Gasteiger partial charge on any atom is -0.218 e. The van der Waals surface area contributed by atoms with Crippen LogP contribution in [0.5, 0.6) is 0 Å². The van der Waals surface area contributed by atoms with Crippen molar-refractivity contribution in [3.63, 3.8) is 0 Å². The quantitative estimate of drug-likeness (QED) is 0.862. The Balaban J connectivity index is 2.38. The van der Waals surface area contributed by atoms with Gasteiger partial charge in [0.25, 0.3) is 0 Å². The van der Waals surface area contributed by atoms with E-state index in [9.17, 15) is 12.8 Å². The summed E-state index contributed by atoms with van der Waals surface area (Å²) in [5, 5.41) is 0. The van der Waals surface area contributed by atoms with Crippen molar-refractivity contribution in [1.82, 2.24) is 0 Å². The summed E-state index contributed by atoms with van der Waals surface area (Å²) in [7, 11) is -3.71. The Morgan fingerprint density at radius 1 is 1.00 bits per heavy atom. The maximum atomic E-state index is 12.8. The molecule has 0 aliphatic heterocycles. The molecule has 0 radical (unpaired) electrons. The van der Waals surface area contributed by atoms with E-state index in [0.717, 1.165) is 0 Å². The first-order valence-electron chi connectivity index (χ1n) is 5.43. The van der Waals surface area contributed by atoms with E-state index in [4.69, 9.17) is 11.6 Å². The fourth-order valence-corrected chi connectivity index (χ4v) is 2.90. The summed E-state index contributed by atoms with van der Waals surface area (Å²) in [6, 6.07) is 13.3. The molecule has 0 heterocycles. The van der Waals surface area contributed by atoms with Gasteiger partial charge in [-0.3, -0.25) is 0 Å². The van der Waals surface area contributed by atoms with Crippen molar-refractivity contribution in [2.24, 2.45) is 0 Å². The molecule has 2 aromatic rings. The molecule has 0 saturated carbocycles. The maximum absolute atomic E-state index is 12.8. The first-order valence-corrected chi connectivity index (χ1v) is 7.29. The van der Waals surface area contributed by atoms with Crippen LogP contribution in [0.2, 0.25) is 0 Å². The van der Waals surface area contributed by atoms with Gasteiger partial charge >= 0.3 is 0 Å². The lowest BCUT2D eigenvalue weighted by atomic mass is 10.2. The summed E-state index contributed by atoms with van der Waals surface area (Å²) in [6.45, 7) is 0. The fourth-order valence-electron chi connectivity index (χ4n) is 1.48. The van der Waals surface area contributed by atoms with Crippen molar-refractivity contribution in [3.05, 3.63) is 70.3 Å². The Bertz CT molecular complexity index is 692. The predicted molar refractivity (Wildman–Crippen MR) is 73.9 cm³/mol. The molecule has 0 atom stereocenters. The van der Waals surface area contributed by atoms with Crippen molar-refractivity contribution >= 4 is 27.5 Å². The van der Waals surface area contributed by atoms with Gasteiger partial charge in [-0.05, 0) is 35.9 Å². The van der Waals surface area contributed by atoms with Crippen molar-refractivity contribution in [2.75, 3.05) is 0 Å². The normalized spacial score (nSPS) is 12.4. The van der Waals surface area contributed by atoms with Crippen LogP contribution < -0.4 is 0 Å². The molecule has 19 heavy (non-hydrogen) atoms. The zero-order valence-corrected chi connectivity index (χ0v) is 11.3. The highest BCUT2D eigenvalue weighted by Crippen LogP contribution is 2.24. The molecule has 5 heteroatoms. The highest BCUT2D eigenvalue weighted by Gasteiger charge is 2.18. The van der Waals surface area contributed by atoms with Gasteiger partial charge in [0, 0.05) is 0 Å². The van der Waals surface area contributed by atoms with Gasteiger partial charge in [-0.1, -0.05) is 41.9 Å². The summed E-state index contributed by atoms with van der Waals surface area (Å²) in [6.07, 6.45) is 1.29. The predicted octanol–water partition coefficient (Wildman–Crippen LogP) is 3.84. The summed E-state index contributed by atoms with van der Waals surface area (Å²) in [4.78, 5) is 0.123. The lowest BCUT2D eigenvalue weighted by Crippen LogP contribution is -2.00. The molecule has 0 saturated heterocycles. The molecule has 2 rings (SSSR count). The van der Waals surface area contributed by atoms with Crippen LogP contribution in [-0.4, -0.2) is 8.42 Å². The Hall–Kier alpha value is -1.65. The molecule has 2 aromatic carbocycles. The van der Waals surface area contributed by atoms with Crippen LogP contribution >= 0.6 is 11.6 Å². The minimum atomic E-state index is -3.71. The maximum Gasteiger partial charge on any atom is 0.217 e. The van der Waals surface area contributed by atoms with Crippen LogP contribution in [0, 0.1) is 5.82 Å². The minimum absolute atomic E-state index is 0.123. The molecule has 0 N–H and O–H groups in total. The van der Waals surface area contributed by atoms with Gasteiger partial charge in [-0.25, -0.2) is 12.8 Å². The number of sulfone groups is 1. The highest BCUT2D eigenvalue weighted by molar-refractivity contribution is 7.97. The second-order valence-corrected chi connectivity index (χ2v) is 6.37. The zero-order valence-electron chi connectivity index (χ0n) is 9.75. The van der Waals surface area contributed by atoms with Crippen LogP contribution in [0.15, 0.2) is 63.9 Å². The van der Waals surface area contributed by atoms with Gasteiger partial charge in [-0.2, -0.15) is 0 Å². The monoisotopic (exact) mass is 296 g/mol. The van der Waals surface area contributed by atoms with Gasteiger partial charge in [0.05, 0.1) is 4.90 Å². The average Bonchev–Trinajstić information content (AvgIpc) is 2.42. The number of hydrogen-bond donors (Lipinski definition) is 0. The summed E-state index contributed by atoms with van der Waals surface area (Å²) in [5.74, 6) is -0.390. The van der Waals surface area contributed by atoms with Crippen LogP contribution in [0.1, 0.15) is 5.56 Å². The molecule has 0 aliphatic carbocycles. The van der Waals surface area contributed by atoms with Crippen molar-refractivity contribution in [1.29, 1.82) is 0 Å². The van der Waals surface area contributed by atoms with Crippen LogP contribution in [0.25, 0.3) is 6.08 Å². The molecule has 0 bridgehead atoms. The summed E-state index contributed by atoms with van der Waals surface area (Å²) in [5.41, 5.74) is 0.519. The molecule has 0 fully saturated rings. The molecular formula is C14H10ClFO2S. The lowest BCUT2D eigenvalue weighted by Gasteiger charge is -2.02. The molecule has 0 aromatic heterocycles. The van der Waals surface area contributed by atoms with E-state index in [1.54, 1.807) is 18.2 Å². The van der Waals surface area contributed by atoms with Crippen molar-refractivity contribution in [3.8, 4) is 0 Å². The van der Waals surface area contributed by atoms with E-state index < -0.39 is 9.84 Å². The third kappa shape index (κ3) is 3.22. The molecule has 98 valence electrons. The van der Waals surface area contributed by atoms with Crippen LogP contribution in [0.4, 0.5) is 4.39 Å². The number of hydrogen-bond acceptors (Lipinski definition) is 2. The SMILES string of the molecule is O=S(=O)(/C(Cl)=C\c1ccc(F)cc1)c1ccccc1. The van der Waals surface area contributed by atoms with E-state index in [0.29, 0.717) is 5.56 Å². The summed E-state index contributed by atoms with van der Waals surface area (Å²) >= 11 is 5.86. The summed E-state index contributed by atoms with van der Waals surface area (Å²) < 4.78 is 36.7. The van der Waals surface area contributed by atoms with Gasteiger partial charge < -0.3 is 0 Å². The smallest absolute Gasteiger partial charge is 0.217 e. The molecular weight excluding hydrogens is 287 g/mol. The van der Waals surface area contributed by atoms with E-state index >= 15 is 0 Å². The molecule has 0 aliphatic rings. The second-order valence-electron chi connectivity index (χ2n) is 3.82. The first kappa shape index (κ1) is 13.8. The van der Waals surface area contributed by atoms with Gasteiger partial charge in [0.1, 0.15) is 10.2 Å². The van der Waals surface area contributed by atoms with Crippen molar-refractivity contribution < 1.29 is 12.8 Å². The highest BCUT2D eigenvalue weighted by atomic mass is 35.5. The Morgan fingerprint density at radius 2 is 1.58 bits per heavy atom. The van der Waals surface area contributed by atoms with E-state index in [2.05, 4.69) is 0 Å². The van der Waals surface area contributed by atoms with Gasteiger partial charge in [0.15, 0.2) is 0 Å². The number of benzene rings is 2. The lowest BCUT2D eigenvalue weighted by molar-refractivity contribution is 0.604. The van der Waals surface area contributed by atoms with E-state index in [-0.39, 0.29) is 15.1 Å². The molecule has 2 nitrogen and oxygen atoms in total. The standard InChI is InChI=1S/C14H10ClFO2S/c15-14(10-11-6-8-12(16)9-7-11)19(17,18)13-4-2-1-3-5-13/h1-10H/b14-10-. The number of halogens is 2. The van der Waals surface area contributed by atoms with Gasteiger partial charge in [0.2, 0.25) is 9.84 Å². The zero-order chi connectivity index (χ0) is 13.9. The second kappa shape index (κ2) is 5.55. The van der Waals surface area contributed by atoms with Crippen LogP contribution in [0.3, 0.4) is 0 Å². The first-order chi connectivity index (χ1) is 9.00. The van der Waals surface area contributed by atoms with Gasteiger partial charge in [-0.15, -0.1) is 0 Å². The largest absolute Gasteiger partial charge is 0.218 e. The Kier molecular flexibility index (Phi) is 4.02. The molecule has 0 spiro atoms. The van der Waals surface area contributed by atoms with E-state index in [1.165, 1.54) is 42.5 Å². The third-order valence-electron chi connectivity index (χ3n) is 2.46. The van der Waals surface area contributed by atoms with Crippen molar-refractivity contribution in [2.45, 2.75) is 4.90 Å². The molecule has 0 amide bonds. The molecule has 0 unspecified atom stereocenters. The Labute approximate surface area is 116 Å². The number of rotatable bonds is 3.